The molecule has 194 valence electrons. The van der Waals surface area contributed by atoms with E-state index < -0.39 is 0 Å². The molecule has 0 spiro atoms. The van der Waals surface area contributed by atoms with Gasteiger partial charge in [-0.05, 0) is 67.1 Å². The number of hydrogen-bond donors (Lipinski definition) is 1. The molecule has 39 heavy (non-hydrogen) atoms. The highest BCUT2D eigenvalue weighted by atomic mass is 16.5. The number of carbonyl (C=O) groups is 1. The molecule has 0 bridgehead atoms. The van der Waals surface area contributed by atoms with E-state index in [1.165, 1.54) is 12.4 Å². The van der Waals surface area contributed by atoms with Crippen LogP contribution in [0.3, 0.4) is 0 Å². The molecular formula is C30H27N7O2. The summed E-state index contributed by atoms with van der Waals surface area (Å²) in [5.74, 6) is 2.40. The summed E-state index contributed by atoms with van der Waals surface area (Å²) in [5, 5.41) is 3.39. The lowest BCUT2D eigenvalue weighted by Crippen LogP contribution is -2.48. The van der Waals surface area contributed by atoms with E-state index in [0.29, 0.717) is 30.3 Å². The van der Waals surface area contributed by atoms with Crippen LogP contribution in [-0.4, -0.2) is 48.4 Å². The average Bonchev–Trinajstić information content (AvgIpc) is 3.29. The van der Waals surface area contributed by atoms with E-state index >= 15 is 0 Å². The Balaban J connectivity index is 1.18. The second-order valence-corrected chi connectivity index (χ2v) is 9.61. The van der Waals surface area contributed by atoms with Crippen molar-refractivity contribution in [3.05, 3.63) is 91.2 Å². The number of pyridine rings is 1. The fraction of sp³-hybridized carbons (Fsp3) is 0.167. The second kappa shape index (κ2) is 10.0. The number of ether oxygens (including phenoxy) is 1. The zero-order chi connectivity index (χ0) is 26.9. The first kappa shape index (κ1) is 24.3. The minimum absolute atomic E-state index is 0.0304. The molecule has 9 heteroatoms. The number of carbonyl (C=O) groups excluding carboxylic acids is 1. The first-order valence-electron chi connectivity index (χ1n) is 12.6. The fourth-order valence-corrected chi connectivity index (χ4v) is 4.60. The smallest absolute Gasteiger partial charge is 0.245 e. The standard InChI is InChI=1S/C30H27N7O2/c1-4-28(38)37-15-20(16-37)5-6-21-7-10-24-29(34-21)30(32-17-31-24)35-22-8-12-27(19(2)13-22)39-23-9-11-26-25(14-23)33-18-36(26)3/h4-14,17-18,20H,1,15-16H2,2-3H3,(H,31,32,35). The number of imidazole rings is 1. The van der Waals surface area contributed by atoms with Crippen LogP contribution in [0.15, 0.2) is 79.9 Å². The van der Waals surface area contributed by atoms with Crippen molar-refractivity contribution in [1.29, 1.82) is 0 Å². The van der Waals surface area contributed by atoms with Crippen molar-refractivity contribution < 1.29 is 9.53 Å². The minimum atomic E-state index is -0.0304. The summed E-state index contributed by atoms with van der Waals surface area (Å²) >= 11 is 0. The topological polar surface area (TPSA) is 98.1 Å². The molecular weight excluding hydrogens is 490 g/mol. The molecule has 0 radical (unpaired) electrons. The van der Waals surface area contributed by atoms with Crippen molar-refractivity contribution in [1.82, 2.24) is 29.4 Å². The Bertz CT molecular complexity index is 1750. The van der Waals surface area contributed by atoms with Crippen LogP contribution in [0.4, 0.5) is 11.5 Å². The molecule has 1 aliphatic heterocycles. The number of nitrogens with one attached hydrogen (secondary N) is 1. The third-order valence-electron chi connectivity index (χ3n) is 6.80. The summed E-state index contributed by atoms with van der Waals surface area (Å²) in [4.78, 5) is 31.4. The molecule has 9 nitrogen and oxygen atoms in total. The van der Waals surface area contributed by atoms with Gasteiger partial charge in [-0.1, -0.05) is 12.7 Å². The number of likely N-dealkylation sites (tertiary alicyclic amines) is 1. The predicted octanol–water partition coefficient (Wildman–Crippen LogP) is 5.41. The van der Waals surface area contributed by atoms with E-state index in [2.05, 4.69) is 32.9 Å². The van der Waals surface area contributed by atoms with Gasteiger partial charge >= 0.3 is 0 Å². The Hall–Kier alpha value is -5.05. The molecule has 0 aliphatic carbocycles. The third-order valence-corrected chi connectivity index (χ3v) is 6.80. The van der Waals surface area contributed by atoms with Crippen LogP contribution >= 0.6 is 0 Å². The zero-order valence-electron chi connectivity index (χ0n) is 21.7. The van der Waals surface area contributed by atoms with Gasteiger partial charge in [-0.15, -0.1) is 0 Å². The molecule has 1 amide bonds. The summed E-state index contributed by atoms with van der Waals surface area (Å²) in [6.45, 7) is 6.93. The molecule has 4 heterocycles. The number of aromatic nitrogens is 5. The van der Waals surface area contributed by atoms with Gasteiger partial charge < -0.3 is 19.5 Å². The van der Waals surface area contributed by atoms with Crippen molar-refractivity contribution in [2.24, 2.45) is 13.0 Å². The van der Waals surface area contributed by atoms with E-state index in [1.54, 1.807) is 11.2 Å². The first-order chi connectivity index (χ1) is 19.0. The number of hydrogen-bond acceptors (Lipinski definition) is 7. The van der Waals surface area contributed by atoms with Gasteiger partial charge in [-0.2, -0.15) is 0 Å². The monoisotopic (exact) mass is 517 g/mol. The Labute approximate surface area is 225 Å². The lowest BCUT2D eigenvalue weighted by molar-refractivity contribution is -0.130. The number of amides is 1. The SMILES string of the molecule is C=CC(=O)N1CC(C=Cc2ccc3ncnc(Nc4ccc(Oc5ccc6c(c5)ncn6C)c(C)c4)c3n2)C1. The van der Waals surface area contributed by atoms with Gasteiger partial charge in [-0.3, -0.25) is 4.79 Å². The van der Waals surface area contributed by atoms with Crippen LogP contribution in [0, 0.1) is 12.8 Å². The molecule has 0 atom stereocenters. The van der Waals surface area contributed by atoms with Gasteiger partial charge in [0.25, 0.3) is 0 Å². The molecule has 2 aromatic carbocycles. The van der Waals surface area contributed by atoms with Crippen LogP contribution in [0.25, 0.3) is 28.1 Å². The largest absolute Gasteiger partial charge is 0.457 e. The van der Waals surface area contributed by atoms with E-state index in [1.807, 2.05) is 73.1 Å². The zero-order valence-corrected chi connectivity index (χ0v) is 21.7. The quantitative estimate of drug-likeness (QED) is 0.288. The highest BCUT2D eigenvalue weighted by Gasteiger charge is 2.26. The molecule has 0 unspecified atom stereocenters. The highest BCUT2D eigenvalue weighted by Crippen LogP contribution is 2.31. The van der Waals surface area contributed by atoms with Crippen LogP contribution < -0.4 is 10.1 Å². The van der Waals surface area contributed by atoms with Gasteiger partial charge in [0.05, 0.1) is 28.6 Å². The lowest BCUT2D eigenvalue weighted by Gasteiger charge is -2.36. The Morgan fingerprint density at radius 3 is 2.77 bits per heavy atom. The van der Waals surface area contributed by atoms with E-state index in [0.717, 1.165) is 45.0 Å². The molecule has 1 saturated heterocycles. The molecule has 3 aromatic heterocycles. The fourth-order valence-electron chi connectivity index (χ4n) is 4.60. The molecule has 0 saturated carbocycles. The van der Waals surface area contributed by atoms with E-state index in [-0.39, 0.29) is 5.91 Å². The van der Waals surface area contributed by atoms with Crippen molar-refractivity contribution >= 4 is 45.6 Å². The predicted molar refractivity (Wildman–Crippen MR) is 152 cm³/mol. The first-order valence-corrected chi connectivity index (χ1v) is 12.6. The van der Waals surface area contributed by atoms with Crippen LogP contribution in [0.1, 0.15) is 11.3 Å². The van der Waals surface area contributed by atoms with Crippen LogP contribution in [-0.2, 0) is 11.8 Å². The van der Waals surface area contributed by atoms with Gasteiger partial charge in [-0.25, -0.2) is 19.9 Å². The molecule has 1 aliphatic rings. The maximum Gasteiger partial charge on any atom is 0.245 e. The summed E-state index contributed by atoms with van der Waals surface area (Å²) < 4.78 is 8.13. The summed E-state index contributed by atoms with van der Waals surface area (Å²) in [6.07, 6.45) is 8.74. The van der Waals surface area contributed by atoms with Crippen molar-refractivity contribution in [2.75, 3.05) is 18.4 Å². The Kier molecular flexibility index (Phi) is 6.24. The van der Waals surface area contributed by atoms with E-state index in [9.17, 15) is 4.79 Å². The minimum Gasteiger partial charge on any atom is -0.457 e. The van der Waals surface area contributed by atoms with Crippen molar-refractivity contribution in [2.45, 2.75) is 6.92 Å². The molecule has 1 N–H and O–H groups in total. The number of anilines is 2. The molecule has 6 rings (SSSR count). The van der Waals surface area contributed by atoms with Gasteiger partial charge in [0, 0.05) is 37.8 Å². The van der Waals surface area contributed by atoms with Crippen molar-refractivity contribution in [3.63, 3.8) is 0 Å². The lowest BCUT2D eigenvalue weighted by atomic mass is 9.99. The van der Waals surface area contributed by atoms with E-state index in [4.69, 9.17) is 9.72 Å². The highest BCUT2D eigenvalue weighted by molar-refractivity contribution is 5.88. The maximum atomic E-state index is 11.7. The summed E-state index contributed by atoms with van der Waals surface area (Å²) in [6, 6.07) is 15.7. The molecule has 1 fully saturated rings. The van der Waals surface area contributed by atoms with Gasteiger partial charge in [0.1, 0.15) is 23.3 Å². The Morgan fingerprint density at radius 2 is 1.95 bits per heavy atom. The number of benzene rings is 2. The molecule has 5 aromatic rings. The van der Waals surface area contributed by atoms with Gasteiger partial charge in [0.15, 0.2) is 5.82 Å². The van der Waals surface area contributed by atoms with Crippen molar-refractivity contribution in [3.8, 4) is 11.5 Å². The third kappa shape index (κ3) is 4.94. The summed E-state index contributed by atoms with van der Waals surface area (Å²) in [7, 11) is 1.97. The number of nitrogens with zero attached hydrogens (tertiary/aromatic N) is 6. The number of aryl methyl sites for hydroxylation is 2. The van der Waals surface area contributed by atoms with Crippen LogP contribution in [0.2, 0.25) is 0 Å². The average molecular weight is 518 g/mol. The normalized spacial score (nSPS) is 13.6. The second-order valence-electron chi connectivity index (χ2n) is 9.61. The number of fused-ring (bicyclic) bond motifs is 2. The maximum absolute atomic E-state index is 11.7. The Morgan fingerprint density at radius 1 is 1.08 bits per heavy atom. The van der Waals surface area contributed by atoms with Crippen LogP contribution in [0.5, 0.6) is 11.5 Å². The summed E-state index contributed by atoms with van der Waals surface area (Å²) in [5.41, 5.74) is 6.01. The number of rotatable bonds is 7. The van der Waals surface area contributed by atoms with Gasteiger partial charge in [0.2, 0.25) is 5.91 Å².